The second kappa shape index (κ2) is 12.7. The molecule has 116 valence electrons. The third kappa shape index (κ3) is 11.8. The highest BCUT2D eigenvalue weighted by atomic mass is 16.4. The van der Waals surface area contributed by atoms with Gasteiger partial charge in [-0.3, -0.25) is 0 Å². The lowest BCUT2D eigenvalue weighted by Crippen LogP contribution is -2.23. The molecule has 0 aliphatic heterocycles. The molecular formula is C16H30N2O2. The minimum Gasteiger partial charge on any atom is -0.550 e. The molecule has 0 amide bonds. The van der Waals surface area contributed by atoms with E-state index in [9.17, 15) is 9.90 Å². The fourth-order valence-corrected chi connectivity index (χ4v) is 1.91. The monoisotopic (exact) mass is 282 g/mol. The topological polar surface area (TPSA) is 48.9 Å². The summed E-state index contributed by atoms with van der Waals surface area (Å²) >= 11 is 0. The van der Waals surface area contributed by atoms with E-state index < -0.39 is 5.97 Å². The van der Waals surface area contributed by atoms with Crippen molar-refractivity contribution in [1.82, 2.24) is 4.57 Å². The zero-order valence-corrected chi connectivity index (χ0v) is 13.3. The van der Waals surface area contributed by atoms with Crippen molar-refractivity contribution in [3.05, 3.63) is 18.7 Å². The van der Waals surface area contributed by atoms with Gasteiger partial charge in [0.2, 0.25) is 6.33 Å². The van der Waals surface area contributed by atoms with Crippen LogP contribution in [0.3, 0.4) is 0 Å². The first-order chi connectivity index (χ1) is 9.60. The van der Waals surface area contributed by atoms with E-state index in [0.717, 1.165) is 0 Å². The highest BCUT2D eigenvalue weighted by molar-refractivity contribution is 5.63. The molecule has 0 aromatic carbocycles. The second-order valence-corrected chi connectivity index (χ2v) is 5.21. The van der Waals surface area contributed by atoms with E-state index >= 15 is 0 Å². The van der Waals surface area contributed by atoms with Crippen LogP contribution in [0.15, 0.2) is 18.7 Å². The Bertz CT molecular complexity index is 348. The Kier molecular flexibility index (Phi) is 11.9. The van der Waals surface area contributed by atoms with Gasteiger partial charge in [-0.05, 0) is 19.3 Å². The van der Waals surface area contributed by atoms with E-state index in [-0.39, 0.29) is 6.42 Å². The van der Waals surface area contributed by atoms with Gasteiger partial charge in [0.1, 0.15) is 12.4 Å². The van der Waals surface area contributed by atoms with Gasteiger partial charge >= 0.3 is 0 Å². The number of imidazole rings is 1. The summed E-state index contributed by atoms with van der Waals surface area (Å²) in [6, 6.07) is 0. The number of hydrogen-bond donors (Lipinski definition) is 0. The molecule has 1 aromatic rings. The molecule has 4 heteroatoms. The Labute approximate surface area is 123 Å². The number of carboxylic acids is 1. The molecule has 4 nitrogen and oxygen atoms in total. The first kappa shape index (κ1) is 18.7. The SMILES string of the molecule is CCCC(=O)[O-].CCCCCCCCn1cc[n+](C)c1. The van der Waals surface area contributed by atoms with Crippen molar-refractivity contribution in [3.8, 4) is 0 Å². The molecule has 0 spiro atoms. The number of aryl methyl sites for hydroxylation is 2. The van der Waals surface area contributed by atoms with Crippen molar-refractivity contribution < 1.29 is 14.5 Å². The van der Waals surface area contributed by atoms with E-state index in [0.29, 0.717) is 6.42 Å². The van der Waals surface area contributed by atoms with Gasteiger partial charge in [0.05, 0.1) is 13.6 Å². The van der Waals surface area contributed by atoms with Gasteiger partial charge in [-0.2, -0.15) is 0 Å². The molecule has 1 rings (SSSR count). The number of aliphatic carboxylic acids is 1. The van der Waals surface area contributed by atoms with Crippen LogP contribution >= 0.6 is 0 Å². The number of unbranched alkanes of at least 4 members (excludes halogenated alkanes) is 5. The maximum absolute atomic E-state index is 9.49. The summed E-state index contributed by atoms with van der Waals surface area (Å²) in [7, 11) is 2.07. The van der Waals surface area contributed by atoms with Crippen LogP contribution in [0.1, 0.15) is 65.2 Å². The van der Waals surface area contributed by atoms with Crippen LogP contribution in [-0.2, 0) is 18.4 Å². The molecule has 0 atom stereocenters. The zero-order chi connectivity index (χ0) is 15.2. The molecule has 0 unspecified atom stereocenters. The normalized spacial score (nSPS) is 9.95. The highest BCUT2D eigenvalue weighted by Gasteiger charge is 1.98. The largest absolute Gasteiger partial charge is 0.550 e. The molecule has 0 saturated heterocycles. The quantitative estimate of drug-likeness (QED) is 0.515. The molecule has 0 aliphatic rings. The predicted molar refractivity (Wildman–Crippen MR) is 78.9 cm³/mol. The Morgan fingerprint density at radius 2 is 1.75 bits per heavy atom. The van der Waals surface area contributed by atoms with Crippen LogP contribution in [0.5, 0.6) is 0 Å². The summed E-state index contributed by atoms with van der Waals surface area (Å²) in [5.41, 5.74) is 0. The summed E-state index contributed by atoms with van der Waals surface area (Å²) in [6.45, 7) is 5.24. The second-order valence-electron chi connectivity index (χ2n) is 5.21. The van der Waals surface area contributed by atoms with Crippen molar-refractivity contribution in [1.29, 1.82) is 0 Å². The predicted octanol–water partition coefficient (Wildman–Crippen LogP) is 2.21. The zero-order valence-electron chi connectivity index (χ0n) is 13.3. The van der Waals surface area contributed by atoms with Gasteiger partial charge in [-0.1, -0.05) is 46.0 Å². The van der Waals surface area contributed by atoms with E-state index in [1.54, 1.807) is 6.92 Å². The fraction of sp³-hybridized carbons (Fsp3) is 0.750. The van der Waals surface area contributed by atoms with E-state index in [2.05, 4.69) is 41.8 Å². The first-order valence-corrected chi connectivity index (χ1v) is 7.81. The van der Waals surface area contributed by atoms with Gasteiger partial charge in [-0.15, -0.1) is 0 Å². The summed E-state index contributed by atoms with van der Waals surface area (Å²) in [6.07, 6.45) is 15.5. The Morgan fingerprint density at radius 3 is 2.20 bits per heavy atom. The molecule has 0 radical (unpaired) electrons. The van der Waals surface area contributed by atoms with Crippen molar-refractivity contribution in [3.63, 3.8) is 0 Å². The maximum Gasteiger partial charge on any atom is 0.243 e. The smallest absolute Gasteiger partial charge is 0.243 e. The molecule has 0 fully saturated rings. The lowest BCUT2D eigenvalue weighted by Gasteiger charge is -1.98. The first-order valence-electron chi connectivity index (χ1n) is 7.81. The van der Waals surface area contributed by atoms with Crippen molar-refractivity contribution >= 4 is 5.97 Å². The van der Waals surface area contributed by atoms with Crippen LogP contribution in [0.4, 0.5) is 0 Å². The third-order valence-electron chi connectivity index (χ3n) is 3.05. The highest BCUT2D eigenvalue weighted by Crippen LogP contribution is 2.05. The van der Waals surface area contributed by atoms with Crippen molar-refractivity contribution in [2.24, 2.45) is 7.05 Å². The maximum atomic E-state index is 9.49. The van der Waals surface area contributed by atoms with E-state index in [1.165, 1.54) is 45.1 Å². The molecule has 0 aliphatic carbocycles. The number of aromatic nitrogens is 2. The van der Waals surface area contributed by atoms with Crippen molar-refractivity contribution in [2.75, 3.05) is 0 Å². The summed E-state index contributed by atoms with van der Waals surface area (Å²) < 4.78 is 4.36. The minimum atomic E-state index is -0.961. The minimum absolute atomic E-state index is 0.181. The number of carbonyl (C=O) groups is 1. The van der Waals surface area contributed by atoms with E-state index in [1.807, 2.05) is 0 Å². The molecule has 0 saturated carbocycles. The number of nitrogens with zero attached hydrogens (tertiary/aromatic N) is 2. The molecule has 20 heavy (non-hydrogen) atoms. The van der Waals surface area contributed by atoms with Gasteiger partial charge in [0, 0.05) is 5.97 Å². The molecule has 0 N–H and O–H groups in total. The van der Waals surface area contributed by atoms with Gasteiger partial charge < -0.3 is 9.90 Å². The number of rotatable bonds is 9. The Balaban J connectivity index is 0.000000511. The number of carboxylic acid groups (broad SMARTS) is 1. The summed E-state index contributed by atoms with van der Waals surface area (Å²) in [5, 5.41) is 9.49. The number of hydrogen-bond acceptors (Lipinski definition) is 2. The van der Waals surface area contributed by atoms with E-state index in [4.69, 9.17) is 0 Å². The van der Waals surface area contributed by atoms with Gasteiger partial charge in [0.25, 0.3) is 0 Å². The van der Waals surface area contributed by atoms with Crippen LogP contribution in [0.25, 0.3) is 0 Å². The third-order valence-corrected chi connectivity index (χ3v) is 3.05. The molecule has 1 aromatic heterocycles. The van der Waals surface area contributed by atoms with Crippen molar-refractivity contribution in [2.45, 2.75) is 71.8 Å². The van der Waals surface area contributed by atoms with Gasteiger partial charge in [0.15, 0.2) is 0 Å². The van der Waals surface area contributed by atoms with Gasteiger partial charge in [-0.25, -0.2) is 9.13 Å². The fourth-order valence-electron chi connectivity index (χ4n) is 1.91. The molecular weight excluding hydrogens is 252 g/mol. The average Bonchev–Trinajstić information content (AvgIpc) is 2.80. The van der Waals surface area contributed by atoms with Crippen LogP contribution in [-0.4, -0.2) is 10.5 Å². The lowest BCUT2D eigenvalue weighted by molar-refractivity contribution is -0.671. The standard InChI is InChI=1S/C12H23N2.C4H8O2/c1-3-4-5-6-7-8-9-14-11-10-13(2)12-14;1-2-3-4(5)6/h10-12H,3-9H2,1-2H3;2-3H2,1H3,(H,5,6)/q+1;/p-1. The number of carbonyl (C=O) groups excluding carboxylic acids is 1. The summed E-state index contributed by atoms with van der Waals surface area (Å²) in [5.74, 6) is -0.961. The van der Waals surface area contributed by atoms with Crippen LogP contribution < -0.4 is 9.67 Å². The lowest BCUT2D eigenvalue weighted by atomic mass is 10.1. The van der Waals surface area contributed by atoms with Crippen LogP contribution in [0, 0.1) is 0 Å². The average molecular weight is 282 g/mol. The summed E-state index contributed by atoms with van der Waals surface area (Å²) in [4.78, 5) is 9.49. The Hall–Kier alpha value is -1.32. The Morgan fingerprint density at radius 1 is 1.10 bits per heavy atom. The molecule has 0 bridgehead atoms. The van der Waals surface area contributed by atoms with Crippen LogP contribution in [0.2, 0.25) is 0 Å². The molecule has 1 heterocycles.